The molecular formula is C54H108N2O6. The topological polar surface area (TPSA) is 77.5 Å². The molecule has 370 valence electrons. The van der Waals surface area contributed by atoms with Crippen LogP contribution in [0.4, 0.5) is 4.79 Å². The van der Waals surface area contributed by atoms with Crippen molar-refractivity contribution in [3.8, 4) is 0 Å². The Morgan fingerprint density at radius 3 is 1.39 bits per heavy atom. The van der Waals surface area contributed by atoms with Gasteiger partial charge in [-0.15, -0.1) is 0 Å². The average molecular weight is 881 g/mol. The zero-order valence-corrected chi connectivity index (χ0v) is 42.8. The van der Waals surface area contributed by atoms with Gasteiger partial charge in [-0.2, -0.15) is 0 Å². The van der Waals surface area contributed by atoms with E-state index in [0.29, 0.717) is 25.6 Å². The third-order valence-electron chi connectivity index (χ3n) is 13.1. The number of ether oxygens (including phenoxy) is 4. The second-order valence-electron chi connectivity index (χ2n) is 18.8. The minimum absolute atomic E-state index is 0.100. The van der Waals surface area contributed by atoms with Crippen LogP contribution in [-0.2, 0) is 23.7 Å². The van der Waals surface area contributed by atoms with Crippen LogP contribution in [0.1, 0.15) is 260 Å². The Kier molecular flexibility index (Phi) is 45.1. The number of hydrogen-bond acceptors (Lipinski definition) is 8. The molecule has 0 bridgehead atoms. The van der Waals surface area contributed by atoms with Crippen LogP contribution in [0.5, 0.6) is 0 Å². The molecule has 0 N–H and O–H groups in total. The summed E-state index contributed by atoms with van der Waals surface area (Å²) in [6.45, 7) is 24.4. The molecule has 0 amide bonds. The van der Waals surface area contributed by atoms with Crippen molar-refractivity contribution in [3.05, 3.63) is 0 Å². The van der Waals surface area contributed by atoms with Crippen LogP contribution in [0, 0.1) is 5.92 Å². The van der Waals surface area contributed by atoms with E-state index in [9.17, 15) is 9.59 Å². The number of carbonyl (C=O) groups excluding carboxylic acids is 2. The van der Waals surface area contributed by atoms with Crippen molar-refractivity contribution in [1.29, 1.82) is 0 Å². The highest BCUT2D eigenvalue weighted by Crippen LogP contribution is 2.33. The van der Waals surface area contributed by atoms with Crippen LogP contribution in [-0.4, -0.2) is 93.2 Å². The van der Waals surface area contributed by atoms with Gasteiger partial charge in [0, 0.05) is 45.8 Å². The van der Waals surface area contributed by atoms with Gasteiger partial charge in [-0.25, -0.2) is 4.79 Å². The van der Waals surface area contributed by atoms with Crippen molar-refractivity contribution < 1.29 is 28.5 Å². The molecule has 0 aliphatic heterocycles. The highest BCUT2D eigenvalue weighted by molar-refractivity contribution is 5.69. The van der Waals surface area contributed by atoms with E-state index in [1.165, 1.54) is 122 Å². The summed E-state index contributed by atoms with van der Waals surface area (Å²) in [4.78, 5) is 31.0. The van der Waals surface area contributed by atoms with Gasteiger partial charge in [0.25, 0.3) is 0 Å². The highest BCUT2D eigenvalue weighted by Gasteiger charge is 2.34. The standard InChI is InChI=1S/C54H108N2O6/c1-8-15-20-25-28-37-51(38-29-26-21-16-9-2)50-59-47-35-43-56(46-45-55(13-6)14-7)44-36-49-61-53(58)62-54(40-31-23-18-11-4,41-32-24-19-12-5)42-33-30-39-52(57)60-48-34-27-22-17-10-3/h51H,8-50H2,1-7H3. The molecule has 0 atom stereocenters. The lowest BCUT2D eigenvalue weighted by molar-refractivity contribution is -0.144. The second-order valence-corrected chi connectivity index (χ2v) is 18.8. The van der Waals surface area contributed by atoms with Gasteiger partial charge >= 0.3 is 12.1 Å². The molecule has 0 spiro atoms. The molecule has 0 fully saturated rings. The Labute approximate surface area is 386 Å². The number of rotatable bonds is 49. The summed E-state index contributed by atoms with van der Waals surface area (Å²) in [5.41, 5.74) is -0.541. The Morgan fingerprint density at radius 1 is 0.435 bits per heavy atom. The van der Waals surface area contributed by atoms with Crippen molar-refractivity contribution >= 4 is 12.1 Å². The van der Waals surface area contributed by atoms with Gasteiger partial charge in [0.2, 0.25) is 0 Å². The molecule has 0 aromatic heterocycles. The van der Waals surface area contributed by atoms with Gasteiger partial charge in [-0.3, -0.25) is 4.79 Å². The van der Waals surface area contributed by atoms with E-state index >= 15 is 0 Å². The first-order chi connectivity index (χ1) is 30.3. The molecular weight excluding hydrogens is 773 g/mol. The highest BCUT2D eigenvalue weighted by atomic mass is 16.7. The van der Waals surface area contributed by atoms with Gasteiger partial charge in [-0.1, -0.05) is 177 Å². The molecule has 0 saturated heterocycles. The van der Waals surface area contributed by atoms with Crippen molar-refractivity contribution in [2.75, 3.05) is 65.7 Å². The Balaban J connectivity index is 5.29. The number of nitrogens with zero attached hydrogens (tertiary/aromatic N) is 2. The monoisotopic (exact) mass is 881 g/mol. The summed E-state index contributed by atoms with van der Waals surface area (Å²) >= 11 is 0. The molecule has 0 aromatic rings. The fraction of sp³-hybridized carbons (Fsp3) is 0.963. The first-order valence-corrected chi connectivity index (χ1v) is 27.4. The lowest BCUT2D eigenvalue weighted by Crippen LogP contribution is -2.37. The van der Waals surface area contributed by atoms with Crippen molar-refractivity contribution in [1.82, 2.24) is 9.80 Å². The smallest absolute Gasteiger partial charge is 0.466 e. The third kappa shape index (κ3) is 37.9. The maximum absolute atomic E-state index is 13.5. The zero-order valence-electron chi connectivity index (χ0n) is 42.8. The number of esters is 1. The summed E-state index contributed by atoms with van der Waals surface area (Å²) in [6, 6.07) is 0. The molecule has 0 aromatic carbocycles. The van der Waals surface area contributed by atoms with E-state index in [2.05, 4.69) is 58.3 Å². The van der Waals surface area contributed by atoms with Gasteiger partial charge in [0.1, 0.15) is 5.60 Å². The van der Waals surface area contributed by atoms with Gasteiger partial charge in [-0.05, 0) is 96.1 Å². The van der Waals surface area contributed by atoms with E-state index in [0.717, 1.165) is 136 Å². The number of hydrogen-bond donors (Lipinski definition) is 0. The number of unbranched alkanes of at least 4 members (excludes halogenated alkanes) is 19. The van der Waals surface area contributed by atoms with Crippen molar-refractivity contribution in [3.63, 3.8) is 0 Å². The molecule has 0 radical (unpaired) electrons. The summed E-state index contributed by atoms with van der Waals surface area (Å²) in [5.74, 6) is 0.593. The fourth-order valence-electron chi connectivity index (χ4n) is 8.79. The van der Waals surface area contributed by atoms with E-state index in [1.54, 1.807) is 0 Å². The summed E-state index contributed by atoms with van der Waals surface area (Å²) in [7, 11) is 0. The lowest BCUT2D eigenvalue weighted by atomic mass is 9.85. The Morgan fingerprint density at radius 2 is 0.871 bits per heavy atom. The minimum Gasteiger partial charge on any atom is -0.466 e. The van der Waals surface area contributed by atoms with Crippen LogP contribution in [0.3, 0.4) is 0 Å². The lowest BCUT2D eigenvalue weighted by Gasteiger charge is -2.34. The quantitative estimate of drug-likeness (QED) is 0.0442. The van der Waals surface area contributed by atoms with Crippen LogP contribution in [0.15, 0.2) is 0 Å². The van der Waals surface area contributed by atoms with Gasteiger partial charge < -0.3 is 28.7 Å². The molecule has 0 saturated carbocycles. The van der Waals surface area contributed by atoms with Crippen LogP contribution in [0.2, 0.25) is 0 Å². The maximum Gasteiger partial charge on any atom is 0.508 e. The average Bonchev–Trinajstić information content (AvgIpc) is 3.27. The van der Waals surface area contributed by atoms with Gasteiger partial charge in [0.15, 0.2) is 0 Å². The van der Waals surface area contributed by atoms with Crippen LogP contribution >= 0.6 is 0 Å². The SMILES string of the molecule is CCCCCCCOC(=O)CCCCC(CCCCCC)(CCCCCC)OC(=O)OCCCN(CCCOCC(CCCCCCC)CCCCCCC)CCN(CC)CC. The Hall–Kier alpha value is -1.38. The maximum atomic E-state index is 13.5. The van der Waals surface area contributed by atoms with Gasteiger partial charge in [0.05, 0.1) is 13.2 Å². The zero-order chi connectivity index (χ0) is 45.6. The minimum atomic E-state index is -0.541. The Bertz CT molecular complexity index is 920. The first-order valence-electron chi connectivity index (χ1n) is 27.4. The first kappa shape index (κ1) is 60.6. The summed E-state index contributed by atoms with van der Waals surface area (Å²) in [5, 5.41) is 0. The normalized spacial score (nSPS) is 12.0. The molecule has 0 rings (SSSR count). The predicted octanol–water partition coefficient (Wildman–Crippen LogP) is 15.7. The van der Waals surface area contributed by atoms with E-state index < -0.39 is 11.8 Å². The molecule has 0 heterocycles. The predicted molar refractivity (Wildman–Crippen MR) is 265 cm³/mol. The van der Waals surface area contributed by atoms with Crippen molar-refractivity contribution in [2.45, 2.75) is 266 Å². The summed E-state index contributed by atoms with van der Waals surface area (Å²) in [6.07, 6.45) is 36.7. The molecule has 0 aliphatic carbocycles. The molecule has 8 nitrogen and oxygen atoms in total. The number of carbonyl (C=O) groups is 2. The molecule has 8 heteroatoms. The molecule has 0 aliphatic rings. The summed E-state index contributed by atoms with van der Waals surface area (Å²) < 4.78 is 24.2. The van der Waals surface area contributed by atoms with E-state index in [-0.39, 0.29) is 5.97 Å². The largest absolute Gasteiger partial charge is 0.508 e. The van der Waals surface area contributed by atoms with E-state index in [4.69, 9.17) is 18.9 Å². The molecule has 62 heavy (non-hydrogen) atoms. The second kappa shape index (κ2) is 46.2. The fourth-order valence-corrected chi connectivity index (χ4v) is 8.79. The van der Waals surface area contributed by atoms with E-state index in [1.807, 2.05) is 0 Å². The van der Waals surface area contributed by atoms with Crippen LogP contribution in [0.25, 0.3) is 0 Å². The number of likely N-dealkylation sites (N-methyl/N-ethyl adjacent to an activating group) is 1. The van der Waals surface area contributed by atoms with Crippen LogP contribution < -0.4 is 0 Å². The van der Waals surface area contributed by atoms with Crippen molar-refractivity contribution in [2.24, 2.45) is 5.92 Å². The third-order valence-corrected chi connectivity index (χ3v) is 13.1. The molecule has 0 unspecified atom stereocenters.